The quantitative estimate of drug-likeness (QED) is 0.785. The van der Waals surface area contributed by atoms with Gasteiger partial charge in [0.15, 0.2) is 0 Å². The van der Waals surface area contributed by atoms with Crippen molar-refractivity contribution in [3.8, 4) is 5.75 Å². The van der Waals surface area contributed by atoms with Crippen LogP contribution in [0, 0.1) is 5.92 Å². The average molecular weight is 385 g/mol. The topological polar surface area (TPSA) is 32.8 Å². The maximum absolute atomic E-state index is 12.9. The Morgan fingerprint density at radius 1 is 1.21 bits per heavy atom. The van der Waals surface area contributed by atoms with Crippen molar-refractivity contribution in [3.05, 3.63) is 29.3 Å². The molecule has 28 heavy (non-hydrogen) atoms. The van der Waals surface area contributed by atoms with E-state index in [0.29, 0.717) is 18.4 Å². The van der Waals surface area contributed by atoms with Gasteiger partial charge in [-0.25, -0.2) is 0 Å². The smallest absolute Gasteiger partial charge is 0.226 e. The largest absolute Gasteiger partial charge is 0.488 e. The summed E-state index contributed by atoms with van der Waals surface area (Å²) in [5.74, 6) is 1.87. The monoisotopic (exact) mass is 384 g/mol. The second-order valence-corrected chi connectivity index (χ2v) is 9.76. The van der Waals surface area contributed by atoms with Crippen molar-refractivity contribution >= 4 is 5.91 Å². The molecule has 1 aromatic carbocycles. The minimum Gasteiger partial charge on any atom is -0.488 e. The third kappa shape index (κ3) is 4.37. The molecule has 4 rings (SSSR count). The van der Waals surface area contributed by atoms with Crippen LogP contribution in [-0.2, 0) is 17.6 Å². The molecule has 3 aliphatic rings. The van der Waals surface area contributed by atoms with Crippen LogP contribution in [0.3, 0.4) is 0 Å². The van der Waals surface area contributed by atoms with Crippen molar-refractivity contribution in [3.63, 3.8) is 0 Å². The summed E-state index contributed by atoms with van der Waals surface area (Å²) in [6.07, 6.45) is 9.11. The Hall–Kier alpha value is -1.55. The Labute approximate surface area is 170 Å². The highest BCUT2D eigenvalue weighted by Crippen LogP contribution is 2.34. The van der Waals surface area contributed by atoms with E-state index in [-0.39, 0.29) is 11.5 Å². The Balaban J connectivity index is 1.36. The molecule has 3 aliphatic heterocycles. The maximum atomic E-state index is 12.9. The molecule has 0 bridgehead atoms. The lowest BCUT2D eigenvalue weighted by Crippen LogP contribution is -2.51. The number of carbonyl (C=O) groups is 1. The first kappa shape index (κ1) is 19.8. The first-order chi connectivity index (χ1) is 13.4. The van der Waals surface area contributed by atoms with Crippen LogP contribution in [0.1, 0.15) is 63.5 Å². The lowest BCUT2D eigenvalue weighted by atomic mass is 9.83. The molecule has 0 saturated carbocycles. The molecule has 0 N–H and O–H groups in total. The van der Waals surface area contributed by atoms with Gasteiger partial charge in [-0.05, 0) is 88.6 Å². The Kier molecular flexibility index (Phi) is 5.69. The van der Waals surface area contributed by atoms with Crippen LogP contribution in [0.5, 0.6) is 5.75 Å². The van der Waals surface area contributed by atoms with Crippen LogP contribution < -0.4 is 4.74 Å². The van der Waals surface area contributed by atoms with E-state index in [2.05, 4.69) is 36.9 Å². The summed E-state index contributed by atoms with van der Waals surface area (Å²) in [7, 11) is 1.99. The molecule has 0 radical (unpaired) electrons. The van der Waals surface area contributed by atoms with Crippen LogP contribution in [0.2, 0.25) is 0 Å². The summed E-state index contributed by atoms with van der Waals surface area (Å²) in [5, 5.41) is 0. The SMILES string of the molecule is CN(C[C@@H]1CCCN2CCCC[C@H]12)C(=O)Cc1ccc2c(c1)CCC(C)(C)O2. The van der Waals surface area contributed by atoms with Crippen molar-refractivity contribution in [1.82, 2.24) is 9.80 Å². The molecule has 0 aromatic heterocycles. The number of piperidine rings is 2. The van der Waals surface area contributed by atoms with Gasteiger partial charge in [-0.3, -0.25) is 4.79 Å². The van der Waals surface area contributed by atoms with Crippen LogP contribution in [0.15, 0.2) is 18.2 Å². The normalized spacial score (nSPS) is 26.7. The van der Waals surface area contributed by atoms with E-state index in [9.17, 15) is 4.79 Å². The number of nitrogens with zero attached hydrogens (tertiary/aromatic N) is 2. The number of likely N-dealkylation sites (N-methyl/N-ethyl adjacent to an activating group) is 1. The Morgan fingerprint density at radius 2 is 2.04 bits per heavy atom. The number of benzene rings is 1. The van der Waals surface area contributed by atoms with Gasteiger partial charge in [-0.15, -0.1) is 0 Å². The predicted octanol–water partition coefficient (Wildman–Crippen LogP) is 4.06. The van der Waals surface area contributed by atoms with Crippen molar-refractivity contribution in [2.24, 2.45) is 5.92 Å². The molecule has 1 amide bonds. The van der Waals surface area contributed by atoms with E-state index in [0.717, 1.165) is 30.7 Å². The standard InChI is InChI=1S/C24H36N2O2/c1-24(2)12-11-19-15-18(9-10-22(19)28-24)16-23(27)25(3)17-20-7-6-14-26-13-5-4-8-21(20)26/h9-10,15,20-21H,4-8,11-14,16-17H2,1-3H3/t20-,21+/m0/s1. The minimum absolute atomic E-state index is 0.0858. The fraction of sp³-hybridized carbons (Fsp3) is 0.708. The molecular formula is C24H36N2O2. The molecule has 2 fully saturated rings. The molecule has 2 atom stereocenters. The third-order valence-electron chi connectivity index (χ3n) is 7.03. The van der Waals surface area contributed by atoms with Gasteiger partial charge in [-0.2, -0.15) is 0 Å². The van der Waals surface area contributed by atoms with Gasteiger partial charge in [0, 0.05) is 19.6 Å². The minimum atomic E-state index is -0.0858. The zero-order chi connectivity index (χ0) is 19.7. The summed E-state index contributed by atoms with van der Waals surface area (Å²) >= 11 is 0. The summed E-state index contributed by atoms with van der Waals surface area (Å²) in [6, 6.07) is 7.00. The summed E-state index contributed by atoms with van der Waals surface area (Å²) in [6.45, 7) is 7.70. The summed E-state index contributed by atoms with van der Waals surface area (Å²) in [4.78, 5) is 17.6. The lowest BCUT2D eigenvalue weighted by Gasteiger charge is -2.45. The zero-order valence-electron chi connectivity index (χ0n) is 17.9. The lowest BCUT2D eigenvalue weighted by molar-refractivity contribution is -0.130. The summed E-state index contributed by atoms with van der Waals surface area (Å²) in [5.41, 5.74) is 2.27. The number of hydrogen-bond donors (Lipinski definition) is 0. The van der Waals surface area contributed by atoms with E-state index in [1.54, 1.807) is 0 Å². The van der Waals surface area contributed by atoms with Crippen LogP contribution in [-0.4, -0.2) is 54.0 Å². The van der Waals surface area contributed by atoms with Crippen molar-refractivity contribution in [1.29, 1.82) is 0 Å². The first-order valence-electron chi connectivity index (χ1n) is 11.2. The second kappa shape index (κ2) is 8.06. The highest BCUT2D eigenvalue weighted by Gasteiger charge is 2.34. The number of hydrogen-bond acceptors (Lipinski definition) is 3. The fourth-order valence-electron chi connectivity index (χ4n) is 5.38. The first-order valence-corrected chi connectivity index (χ1v) is 11.2. The van der Waals surface area contributed by atoms with Gasteiger partial charge in [0.05, 0.1) is 6.42 Å². The molecule has 2 saturated heterocycles. The van der Waals surface area contributed by atoms with Gasteiger partial charge < -0.3 is 14.5 Å². The number of fused-ring (bicyclic) bond motifs is 2. The highest BCUT2D eigenvalue weighted by molar-refractivity contribution is 5.78. The number of rotatable bonds is 4. The molecule has 0 spiro atoms. The van der Waals surface area contributed by atoms with E-state index in [1.165, 1.54) is 50.8 Å². The molecule has 3 heterocycles. The highest BCUT2D eigenvalue weighted by atomic mass is 16.5. The predicted molar refractivity (Wildman–Crippen MR) is 113 cm³/mol. The van der Waals surface area contributed by atoms with E-state index in [4.69, 9.17) is 4.74 Å². The van der Waals surface area contributed by atoms with E-state index < -0.39 is 0 Å². The van der Waals surface area contributed by atoms with Crippen LogP contribution in [0.25, 0.3) is 0 Å². The number of ether oxygens (including phenoxy) is 1. The third-order valence-corrected chi connectivity index (χ3v) is 7.03. The number of carbonyl (C=O) groups excluding carboxylic acids is 1. The van der Waals surface area contributed by atoms with Crippen LogP contribution in [0.4, 0.5) is 0 Å². The second-order valence-electron chi connectivity index (χ2n) is 9.76. The molecule has 0 aliphatic carbocycles. The van der Waals surface area contributed by atoms with Crippen molar-refractivity contribution in [2.45, 2.75) is 76.9 Å². The van der Waals surface area contributed by atoms with Gasteiger partial charge in [-0.1, -0.05) is 18.6 Å². The number of amides is 1. The molecule has 1 aromatic rings. The average Bonchev–Trinajstić information content (AvgIpc) is 2.68. The summed E-state index contributed by atoms with van der Waals surface area (Å²) < 4.78 is 6.08. The molecular weight excluding hydrogens is 348 g/mol. The molecule has 4 nitrogen and oxygen atoms in total. The van der Waals surface area contributed by atoms with Crippen molar-refractivity contribution < 1.29 is 9.53 Å². The van der Waals surface area contributed by atoms with Gasteiger partial charge in [0.2, 0.25) is 5.91 Å². The molecule has 4 heteroatoms. The number of aryl methyl sites for hydroxylation is 1. The van der Waals surface area contributed by atoms with E-state index in [1.807, 2.05) is 11.9 Å². The van der Waals surface area contributed by atoms with Gasteiger partial charge >= 0.3 is 0 Å². The van der Waals surface area contributed by atoms with Gasteiger partial charge in [0.25, 0.3) is 0 Å². The maximum Gasteiger partial charge on any atom is 0.226 e. The molecule has 0 unspecified atom stereocenters. The Morgan fingerprint density at radius 3 is 2.89 bits per heavy atom. The Bertz CT molecular complexity index is 713. The molecule has 154 valence electrons. The van der Waals surface area contributed by atoms with Crippen LogP contribution >= 0.6 is 0 Å². The fourth-order valence-corrected chi connectivity index (χ4v) is 5.38. The van der Waals surface area contributed by atoms with Gasteiger partial charge in [0.1, 0.15) is 11.4 Å². The zero-order valence-corrected chi connectivity index (χ0v) is 17.9. The van der Waals surface area contributed by atoms with Crippen molar-refractivity contribution in [2.75, 3.05) is 26.7 Å². The van der Waals surface area contributed by atoms with E-state index >= 15 is 0 Å².